The van der Waals surface area contributed by atoms with Gasteiger partial charge in [-0.05, 0) is 59.9 Å². The Hall–Kier alpha value is -3.51. The van der Waals surface area contributed by atoms with Crippen molar-refractivity contribution in [3.05, 3.63) is 83.2 Å². The van der Waals surface area contributed by atoms with Gasteiger partial charge in [0, 0.05) is 36.8 Å². The summed E-state index contributed by atoms with van der Waals surface area (Å²) in [6, 6.07) is 17.1. The molecule has 35 heavy (non-hydrogen) atoms. The summed E-state index contributed by atoms with van der Waals surface area (Å²) in [4.78, 5) is 2.40. The number of rotatable bonds is 7. The minimum atomic E-state index is -0.615. The van der Waals surface area contributed by atoms with Crippen molar-refractivity contribution in [1.82, 2.24) is 4.90 Å². The summed E-state index contributed by atoms with van der Waals surface area (Å²) in [5.74, 6) is 1.05. The quantitative estimate of drug-likeness (QED) is 0.437. The van der Waals surface area contributed by atoms with Gasteiger partial charge < -0.3 is 19.7 Å². The minimum absolute atomic E-state index is 0.106. The average Bonchev–Trinajstić information content (AvgIpc) is 2.81. The summed E-state index contributed by atoms with van der Waals surface area (Å²) in [5, 5.41) is 20.1. The molecule has 3 aromatic rings. The third kappa shape index (κ3) is 4.71. The Balaban J connectivity index is 1.41. The Labute approximate surface area is 205 Å². The lowest BCUT2D eigenvalue weighted by molar-refractivity contribution is 0.0806. The van der Waals surface area contributed by atoms with Gasteiger partial charge in [0.25, 0.3) is 0 Å². The molecular weight excluding hydrogens is 445 g/mol. The van der Waals surface area contributed by atoms with Gasteiger partial charge in [-0.25, -0.2) is 4.39 Å². The van der Waals surface area contributed by atoms with Gasteiger partial charge in [-0.2, -0.15) is 0 Å². The lowest BCUT2D eigenvalue weighted by Gasteiger charge is -2.38. The molecule has 0 aromatic heterocycles. The Bertz CT molecular complexity index is 1250. The molecule has 3 aromatic carbocycles. The van der Waals surface area contributed by atoms with Gasteiger partial charge in [-0.15, -0.1) is 0 Å². The standard InChI is InChI=1S/C29H30FNO4/c1-3-19-16-31(17-19)11-12-34-24-9-7-20(8-10-24)28-27(21-5-4-6-22(32)13-21)18(2)25-14-23(33)15-26(30)29(25)35-28/h4-10,13-15,19,28,32-33H,3,11-12,16-17H2,1-2H3/t28-/m0/s1. The summed E-state index contributed by atoms with van der Waals surface area (Å²) in [5.41, 5.74) is 3.67. The number of phenols is 2. The Morgan fingerprint density at radius 3 is 2.51 bits per heavy atom. The van der Waals surface area contributed by atoms with E-state index in [9.17, 15) is 14.6 Å². The first-order chi connectivity index (χ1) is 16.9. The molecule has 0 saturated carbocycles. The van der Waals surface area contributed by atoms with Gasteiger partial charge >= 0.3 is 0 Å². The van der Waals surface area contributed by atoms with E-state index >= 15 is 0 Å². The van der Waals surface area contributed by atoms with E-state index in [0.29, 0.717) is 12.2 Å². The minimum Gasteiger partial charge on any atom is -0.508 e. The molecule has 6 heteroatoms. The number of ether oxygens (including phenoxy) is 2. The van der Waals surface area contributed by atoms with Crippen LogP contribution in [0, 0.1) is 11.7 Å². The number of halogens is 1. The number of likely N-dealkylation sites (tertiary alicyclic amines) is 1. The van der Waals surface area contributed by atoms with Crippen molar-refractivity contribution in [3.63, 3.8) is 0 Å². The summed E-state index contributed by atoms with van der Waals surface area (Å²) >= 11 is 0. The number of hydrogen-bond acceptors (Lipinski definition) is 5. The van der Waals surface area contributed by atoms with Gasteiger partial charge in [0.2, 0.25) is 0 Å². The lowest BCUT2D eigenvalue weighted by atomic mass is 9.86. The molecule has 1 atom stereocenters. The van der Waals surface area contributed by atoms with Crippen molar-refractivity contribution in [2.75, 3.05) is 26.2 Å². The molecule has 0 radical (unpaired) electrons. The zero-order chi connectivity index (χ0) is 24.5. The Morgan fingerprint density at radius 1 is 1.03 bits per heavy atom. The second-order valence-corrected chi connectivity index (χ2v) is 9.34. The predicted octanol–water partition coefficient (Wildman–Crippen LogP) is 6.02. The van der Waals surface area contributed by atoms with E-state index in [1.165, 1.54) is 12.5 Å². The maximum absolute atomic E-state index is 14.8. The zero-order valence-corrected chi connectivity index (χ0v) is 20.0. The molecule has 0 spiro atoms. The molecule has 2 heterocycles. The second-order valence-electron chi connectivity index (χ2n) is 9.34. The normalized spacial score (nSPS) is 18.1. The summed E-state index contributed by atoms with van der Waals surface area (Å²) in [6.45, 7) is 7.95. The number of fused-ring (bicyclic) bond motifs is 1. The third-order valence-corrected chi connectivity index (χ3v) is 6.96. The molecule has 0 amide bonds. The fourth-order valence-corrected chi connectivity index (χ4v) is 4.92. The maximum atomic E-state index is 14.8. The number of phenolic OH excluding ortho intramolecular Hbond substituents is 2. The second kappa shape index (κ2) is 9.62. The first-order valence-corrected chi connectivity index (χ1v) is 12.1. The van der Waals surface area contributed by atoms with Gasteiger partial charge in [0.1, 0.15) is 30.0 Å². The van der Waals surface area contributed by atoms with E-state index in [4.69, 9.17) is 9.47 Å². The van der Waals surface area contributed by atoms with Crippen LogP contribution in [-0.2, 0) is 0 Å². The van der Waals surface area contributed by atoms with Crippen molar-refractivity contribution in [3.8, 4) is 23.0 Å². The monoisotopic (exact) mass is 475 g/mol. The Kier molecular flexibility index (Phi) is 6.39. The van der Waals surface area contributed by atoms with Gasteiger partial charge in [-0.3, -0.25) is 4.90 Å². The molecule has 0 aliphatic carbocycles. The molecule has 0 bridgehead atoms. The highest BCUT2D eigenvalue weighted by atomic mass is 19.1. The Morgan fingerprint density at radius 2 is 1.80 bits per heavy atom. The molecule has 5 nitrogen and oxygen atoms in total. The van der Waals surface area contributed by atoms with Crippen LogP contribution in [0.15, 0.2) is 60.7 Å². The predicted molar refractivity (Wildman–Crippen MR) is 134 cm³/mol. The summed E-state index contributed by atoms with van der Waals surface area (Å²) < 4.78 is 26.9. The summed E-state index contributed by atoms with van der Waals surface area (Å²) in [6.07, 6.45) is 0.639. The maximum Gasteiger partial charge on any atom is 0.169 e. The topological polar surface area (TPSA) is 62.2 Å². The first kappa shape index (κ1) is 23.2. The molecule has 1 fully saturated rings. The van der Waals surface area contributed by atoms with Crippen molar-refractivity contribution >= 4 is 11.1 Å². The molecule has 5 rings (SSSR count). The molecule has 2 N–H and O–H groups in total. The molecule has 182 valence electrons. The lowest BCUT2D eigenvalue weighted by Crippen LogP contribution is -2.47. The van der Waals surface area contributed by atoms with Crippen LogP contribution in [0.5, 0.6) is 23.0 Å². The van der Waals surface area contributed by atoms with Gasteiger partial charge in [0.05, 0.1) is 0 Å². The van der Waals surface area contributed by atoms with Crippen LogP contribution in [0.2, 0.25) is 0 Å². The van der Waals surface area contributed by atoms with Crippen molar-refractivity contribution < 1.29 is 24.1 Å². The number of benzene rings is 3. The van der Waals surface area contributed by atoms with E-state index in [2.05, 4.69) is 11.8 Å². The average molecular weight is 476 g/mol. The number of hydrogen-bond donors (Lipinski definition) is 2. The van der Waals surface area contributed by atoms with Gasteiger partial charge in [-0.1, -0.05) is 37.6 Å². The molecule has 2 aliphatic rings. The fraction of sp³-hybridized carbons (Fsp3) is 0.310. The van der Waals surface area contributed by atoms with Crippen molar-refractivity contribution in [2.45, 2.75) is 26.4 Å². The van der Waals surface area contributed by atoms with Crippen LogP contribution < -0.4 is 9.47 Å². The van der Waals surface area contributed by atoms with Crippen LogP contribution >= 0.6 is 0 Å². The fourth-order valence-electron chi connectivity index (χ4n) is 4.92. The van der Waals surface area contributed by atoms with Crippen molar-refractivity contribution in [1.29, 1.82) is 0 Å². The number of aromatic hydroxyl groups is 2. The SMILES string of the molecule is CCC1CN(CCOc2ccc([C@@H]3Oc4c(F)cc(O)cc4C(C)=C3c3cccc(O)c3)cc2)C1. The molecule has 0 unspecified atom stereocenters. The number of nitrogens with zero attached hydrogens (tertiary/aromatic N) is 1. The zero-order valence-electron chi connectivity index (χ0n) is 20.0. The van der Waals surface area contributed by atoms with Crippen molar-refractivity contribution in [2.24, 2.45) is 5.92 Å². The first-order valence-electron chi connectivity index (χ1n) is 12.1. The van der Waals surface area contributed by atoms with Crippen LogP contribution in [-0.4, -0.2) is 41.4 Å². The third-order valence-electron chi connectivity index (χ3n) is 6.96. The van der Waals surface area contributed by atoms with E-state index in [-0.39, 0.29) is 17.2 Å². The van der Waals surface area contributed by atoms with Gasteiger partial charge in [0.15, 0.2) is 11.6 Å². The van der Waals surface area contributed by atoms with Crippen LogP contribution in [0.25, 0.3) is 11.1 Å². The smallest absolute Gasteiger partial charge is 0.169 e. The van der Waals surface area contributed by atoms with E-state index < -0.39 is 11.9 Å². The highest BCUT2D eigenvalue weighted by Crippen LogP contribution is 2.48. The van der Waals surface area contributed by atoms with Crippen LogP contribution in [0.3, 0.4) is 0 Å². The highest BCUT2D eigenvalue weighted by molar-refractivity contribution is 5.96. The molecule has 1 saturated heterocycles. The van der Waals surface area contributed by atoms with E-state index in [0.717, 1.165) is 59.6 Å². The highest BCUT2D eigenvalue weighted by Gasteiger charge is 2.32. The summed E-state index contributed by atoms with van der Waals surface area (Å²) in [7, 11) is 0. The number of allylic oxidation sites excluding steroid dienone is 1. The molecule has 2 aliphatic heterocycles. The molecular formula is C29H30FNO4. The van der Waals surface area contributed by atoms with Crippen LogP contribution in [0.4, 0.5) is 4.39 Å². The van der Waals surface area contributed by atoms with Crippen LogP contribution in [0.1, 0.15) is 43.1 Å². The van der Waals surface area contributed by atoms with E-state index in [1.54, 1.807) is 18.2 Å². The van der Waals surface area contributed by atoms with E-state index in [1.807, 2.05) is 37.3 Å². The largest absolute Gasteiger partial charge is 0.508 e.